The number of aromatic nitrogens is 1. The number of amides is 1. The average molecular weight is 356 g/mol. The van der Waals surface area contributed by atoms with E-state index in [0.29, 0.717) is 36.1 Å². The molecule has 1 aromatic heterocycles. The molecule has 1 unspecified atom stereocenters. The highest BCUT2D eigenvalue weighted by Crippen LogP contribution is 2.31. The molecule has 0 bridgehead atoms. The van der Waals surface area contributed by atoms with E-state index in [1.807, 2.05) is 23.1 Å². The molecule has 1 amide bonds. The van der Waals surface area contributed by atoms with E-state index in [2.05, 4.69) is 37.6 Å². The Morgan fingerprint density at radius 2 is 2.04 bits per heavy atom. The van der Waals surface area contributed by atoms with Crippen LogP contribution in [-0.2, 0) is 6.54 Å². The van der Waals surface area contributed by atoms with Crippen molar-refractivity contribution in [3.63, 3.8) is 0 Å². The molecule has 2 heterocycles. The molecule has 1 aliphatic rings. The van der Waals surface area contributed by atoms with Gasteiger partial charge in [-0.3, -0.25) is 4.79 Å². The molecule has 5 heteroatoms. The second-order valence-electron chi connectivity index (χ2n) is 7.20. The van der Waals surface area contributed by atoms with Gasteiger partial charge in [-0.15, -0.1) is 0 Å². The Labute approximate surface area is 155 Å². The lowest BCUT2D eigenvalue weighted by Gasteiger charge is -2.35. The van der Waals surface area contributed by atoms with Gasteiger partial charge in [0.25, 0.3) is 5.91 Å². The van der Waals surface area contributed by atoms with Gasteiger partial charge in [-0.25, -0.2) is 0 Å². The van der Waals surface area contributed by atoms with E-state index in [9.17, 15) is 4.79 Å². The fourth-order valence-corrected chi connectivity index (χ4v) is 3.35. The van der Waals surface area contributed by atoms with E-state index >= 15 is 0 Å². The lowest BCUT2D eigenvalue weighted by molar-refractivity contribution is 0.0643. The summed E-state index contributed by atoms with van der Waals surface area (Å²) in [5, 5.41) is 0. The molecule has 2 aromatic rings. The van der Waals surface area contributed by atoms with E-state index in [1.165, 1.54) is 5.69 Å². The summed E-state index contributed by atoms with van der Waals surface area (Å²) in [7, 11) is 1.61. The maximum Gasteiger partial charge on any atom is 0.254 e. The molecule has 0 aliphatic carbocycles. The zero-order valence-electron chi connectivity index (χ0n) is 16.1. The van der Waals surface area contributed by atoms with Crippen molar-refractivity contribution >= 4 is 5.91 Å². The second kappa shape index (κ2) is 7.85. The summed E-state index contributed by atoms with van der Waals surface area (Å²) in [6, 6.07) is 9.62. The molecule has 1 atom stereocenters. The molecule has 0 radical (unpaired) electrons. The minimum atomic E-state index is 0.0250. The number of hydrogen-bond donors (Lipinski definition) is 0. The summed E-state index contributed by atoms with van der Waals surface area (Å²) in [4.78, 5) is 15.0. The van der Waals surface area contributed by atoms with Gasteiger partial charge in [0.05, 0.1) is 19.8 Å². The van der Waals surface area contributed by atoms with Crippen LogP contribution in [0.3, 0.4) is 0 Å². The van der Waals surface area contributed by atoms with Crippen LogP contribution < -0.4 is 9.47 Å². The van der Waals surface area contributed by atoms with Crippen molar-refractivity contribution in [1.82, 2.24) is 9.47 Å². The summed E-state index contributed by atoms with van der Waals surface area (Å²) in [6.45, 7) is 8.57. The number of hydrogen-bond acceptors (Lipinski definition) is 3. The van der Waals surface area contributed by atoms with Gasteiger partial charge < -0.3 is 18.9 Å². The SMILES string of the molecule is COc1cc(C(=O)N2CCn3cccc3C2C)ccc1OCCC(C)C. The van der Waals surface area contributed by atoms with Gasteiger partial charge in [0, 0.05) is 30.5 Å². The Bertz CT molecular complexity index is 766. The molecule has 26 heavy (non-hydrogen) atoms. The van der Waals surface area contributed by atoms with E-state index in [1.54, 1.807) is 13.2 Å². The van der Waals surface area contributed by atoms with Crippen LogP contribution in [0, 0.1) is 5.92 Å². The molecule has 1 aromatic carbocycles. The third kappa shape index (κ3) is 3.71. The summed E-state index contributed by atoms with van der Waals surface area (Å²) in [6.07, 6.45) is 3.05. The topological polar surface area (TPSA) is 43.7 Å². The minimum Gasteiger partial charge on any atom is -0.493 e. The molecule has 5 nitrogen and oxygen atoms in total. The van der Waals surface area contributed by atoms with E-state index < -0.39 is 0 Å². The van der Waals surface area contributed by atoms with E-state index in [0.717, 1.165) is 13.0 Å². The van der Waals surface area contributed by atoms with E-state index in [-0.39, 0.29) is 11.9 Å². The zero-order chi connectivity index (χ0) is 18.7. The van der Waals surface area contributed by atoms with Gasteiger partial charge in [-0.2, -0.15) is 0 Å². The first-order valence-electron chi connectivity index (χ1n) is 9.28. The van der Waals surface area contributed by atoms with Crippen molar-refractivity contribution in [2.24, 2.45) is 5.92 Å². The summed E-state index contributed by atoms with van der Waals surface area (Å²) in [5.41, 5.74) is 1.80. The normalized spacial score (nSPS) is 16.5. The number of rotatable bonds is 6. The quantitative estimate of drug-likeness (QED) is 0.781. The van der Waals surface area contributed by atoms with Crippen molar-refractivity contribution in [3.05, 3.63) is 47.8 Å². The number of carbonyl (C=O) groups excluding carboxylic acids is 1. The molecule has 140 valence electrons. The average Bonchev–Trinajstić information content (AvgIpc) is 3.11. The highest BCUT2D eigenvalue weighted by Gasteiger charge is 2.28. The van der Waals surface area contributed by atoms with Crippen molar-refractivity contribution in [2.45, 2.75) is 39.8 Å². The van der Waals surface area contributed by atoms with Gasteiger partial charge in [0.2, 0.25) is 0 Å². The molecule has 0 saturated carbocycles. The van der Waals surface area contributed by atoms with Crippen molar-refractivity contribution < 1.29 is 14.3 Å². The van der Waals surface area contributed by atoms with Crippen molar-refractivity contribution in [3.8, 4) is 11.5 Å². The number of fused-ring (bicyclic) bond motifs is 1. The largest absolute Gasteiger partial charge is 0.493 e. The van der Waals surface area contributed by atoms with E-state index in [4.69, 9.17) is 9.47 Å². The zero-order valence-corrected chi connectivity index (χ0v) is 16.1. The van der Waals surface area contributed by atoms with Crippen LogP contribution in [0.4, 0.5) is 0 Å². The maximum absolute atomic E-state index is 13.0. The number of methoxy groups -OCH3 is 1. The lowest BCUT2D eigenvalue weighted by Crippen LogP contribution is -2.40. The molecular weight excluding hydrogens is 328 g/mol. The molecule has 0 N–H and O–H groups in total. The van der Waals surface area contributed by atoms with Crippen LogP contribution in [0.5, 0.6) is 11.5 Å². The first-order valence-corrected chi connectivity index (χ1v) is 9.28. The molecule has 1 aliphatic heterocycles. The third-order valence-corrected chi connectivity index (χ3v) is 4.97. The number of nitrogens with zero attached hydrogens (tertiary/aromatic N) is 2. The number of benzene rings is 1. The van der Waals surface area contributed by atoms with Gasteiger partial charge in [-0.05, 0) is 49.6 Å². The molecule has 0 fully saturated rings. The molecule has 3 rings (SSSR count). The fourth-order valence-electron chi connectivity index (χ4n) is 3.35. The smallest absolute Gasteiger partial charge is 0.254 e. The van der Waals surface area contributed by atoms with Gasteiger partial charge in [0.15, 0.2) is 11.5 Å². The molecule has 0 saturated heterocycles. The summed E-state index contributed by atoms with van der Waals surface area (Å²) < 4.78 is 13.5. The lowest BCUT2D eigenvalue weighted by atomic mass is 10.1. The van der Waals surface area contributed by atoms with Crippen molar-refractivity contribution in [1.29, 1.82) is 0 Å². The van der Waals surface area contributed by atoms with Crippen LogP contribution in [0.1, 0.15) is 49.3 Å². The number of ether oxygens (including phenoxy) is 2. The Hall–Kier alpha value is -2.43. The van der Waals surface area contributed by atoms with Gasteiger partial charge in [-0.1, -0.05) is 13.8 Å². The van der Waals surface area contributed by atoms with Crippen LogP contribution >= 0.6 is 0 Å². The third-order valence-electron chi connectivity index (χ3n) is 4.97. The van der Waals surface area contributed by atoms with Crippen LogP contribution in [0.25, 0.3) is 0 Å². The van der Waals surface area contributed by atoms with Gasteiger partial charge >= 0.3 is 0 Å². The van der Waals surface area contributed by atoms with Crippen LogP contribution in [-0.4, -0.2) is 35.6 Å². The van der Waals surface area contributed by atoms with Crippen LogP contribution in [0.15, 0.2) is 36.5 Å². The fraction of sp³-hybridized carbons (Fsp3) is 0.476. The Morgan fingerprint density at radius 3 is 2.77 bits per heavy atom. The Kier molecular flexibility index (Phi) is 5.55. The number of carbonyl (C=O) groups is 1. The van der Waals surface area contributed by atoms with Gasteiger partial charge in [0.1, 0.15) is 0 Å². The first kappa shape index (κ1) is 18.4. The highest BCUT2D eigenvalue weighted by molar-refractivity contribution is 5.95. The Morgan fingerprint density at radius 1 is 1.23 bits per heavy atom. The standard InChI is InChI=1S/C21H28N2O3/c1-15(2)9-13-26-19-8-7-17(14-20(19)25-4)21(24)23-12-11-22-10-5-6-18(22)16(23)3/h5-8,10,14-16H,9,11-13H2,1-4H3. The molecule has 0 spiro atoms. The van der Waals surface area contributed by atoms with Crippen LogP contribution in [0.2, 0.25) is 0 Å². The highest BCUT2D eigenvalue weighted by atomic mass is 16.5. The predicted molar refractivity (Wildman–Crippen MR) is 102 cm³/mol. The Balaban J connectivity index is 1.75. The summed E-state index contributed by atoms with van der Waals surface area (Å²) in [5.74, 6) is 1.90. The summed E-state index contributed by atoms with van der Waals surface area (Å²) >= 11 is 0. The second-order valence-corrected chi connectivity index (χ2v) is 7.20. The predicted octanol–water partition coefficient (Wildman–Crippen LogP) is 4.14. The maximum atomic E-state index is 13.0. The monoisotopic (exact) mass is 356 g/mol. The van der Waals surface area contributed by atoms with Crippen molar-refractivity contribution in [2.75, 3.05) is 20.3 Å². The first-order chi connectivity index (χ1) is 12.5. The molecular formula is C21H28N2O3. The minimum absolute atomic E-state index is 0.0250.